The second kappa shape index (κ2) is 5.13. The van der Waals surface area contributed by atoms with Crippen molar-refractivity contribution in [1.29, 1.82) is 0 Å². The Morgan fingerprint density at radius 1 is 1.14 bits per heavy atom. The molecule has 0 heterocycles. The van der Waals surface area contributed by atoms with Crippen LogP contribution in [0.5, 0.6) is 0 Å². The van der Waals surface area contributed by atoms with Crippen LogP contribution in [-0.2, 0) is 4.74 Å². The van der Waals surface area contributed by atoms with Crippen LogP contribution in [0.1, 0.15) is 25.5 Å². The summed E-state index contributed by atoms with van der Waals surface area (Å²) in [6.45, 7) is 4.22. The van der Waals surface area contributed by atoms with Gasteiger partial charge in [-0.3, -0.25) is 0 Å². The summed E-state index contributed by atoms with van der Waals surface area (Å²) in [6.07, 6.45) is -0.00352. The third kappa shape index (κ3) is 2.56. The molecule has 0 spiro atoms. The van der Waals surface area contributed by atoms with Crippen molar-refractivity contribution in [2.75, 3.05) is 7.11 Å². The molecule has 0 saturated carbocycles. The Kier molecular flexibility index (Phi) is 4.11. The van der Waals surface area contributed by atoms with Crippen LogP contribution in [0.25, 0.3) is 0 Å². The molecule has 0 bridgehead atoms. The van der Waals surface area contributed by atoms with E-state index in [9.17, 15) is 0 Å². The van der Waals surface area contributed by atoms with Crippen molar-refractivity contribution in [1.82, 2.24) is 0 Å². The van der Waals surface area contributed by atoms with E-state index in [-0.39, 0.29) is 12.1 Å². The van der Waals surface area contributed by atoms with Crippen LogP contribution in [-0.4, -0.2) is 13.2 Å². The van der Waals surface area contributed by atoms with Crippen molar-refractivity contribution in [3.8, 4) is 0 Å². The molecular weight excluding hydrogens is 174 g/mol. The van der Waals surface area contributed by atoms with E-state index in [0.29, 0.717) is 5.92 Å². The molecule has 14 heavy (non-hydrogen) atoms. The van der Waals surface area contributed by atoms with Gasteiger partial charge in [-0.25, -0.2) is 0 Å². The number of methoxy groups -OCH3 is 1. The summed E-state index contributed by atoms with van der Waals surface area (Å²) < 4.78 is 5.43. The quantitative estimate of drug-likeness (QED) is 0.796. The molecule has 2 N–H and O–H groups in total. The molecule has 0 aliphatic carbocycles. The summed E-state index contributed by atoms with van der Waals surface area (Å²) in [5, 5.41) is 0. The van der Waals surface area contributed by atoms with Crippen molar-refractivity contribution in [3.05, 3.63) is 35.9 Å². The topological polar surface area (TPSA) is 35.2 Å². The smallest absolute Gasteiger partial charge is 0.0974 e. The largest absolute Gasteiger partial charge is 0.375 e. The van der Waals surface area contributed by atoms with Crippen LogP contribution in [0, 0.1) is 5.92 Å². The van der Waals surface area contributed by atoms with E-state index < -0.39 is 0 Å². The van der Waals surface area contributed by atoms with Crippen molar-refractivity contribution < 1.29 is 4.74 Å². The zero-order valence-corrected chi connectivity index (χ0v) is 9.10. The van der Waals surface area contributed by atoms with Crippen LogP contribution in [0.3, 0.4) is 0 Å². The van der Waals surface area contributed by atoms with Crippen molar-refractivity contribution in [2.24, 2.45) is 11.7 Å². The third-order valence-electron chi connectivity index (χ3n) is 2.50. The van der Waals surface area contributed by atoms with Gasteiger partial charge < -0.3 is 10.5 Å². The van der Waals surface area contributed by atoms with Crippen LogP contribution in [0.15, 0.2) is 30.3 Å². The fourth-order valence-electron chi connectivity index (χ4n) is 1.51. The van der Waals surface area contributed by atoms with Gasteiger partial charge in [-0.1, -0.05) is 44.2 Å². The SMILES string of the molecule is COC(c1ccccc1)C(N)C(C)C. The zero-order valence-electron chi connectivity index (χ0n) is 9.10. The maximum absolute atomic E-state index is 6.08. The predicted octanol–water partition coefficient (Wildman–Crippen LogP) is 2.36. The molecule has 0 radical (unpaired) electrons. The van der Waals surface area contributed by atoms with Crippen LogP contribution < -0.4 is 5.73 Å². The molecule has 1 rings (SSSR count). The Balaban J connectivity index is 2.82. The Hall–Kier alpha value is -0.860. The maximum Gasteiger partial charge on any atom is 0.0974 e. The van der Waals surface area contributed by atoms with Gasteiger partial charge in [0.15, 0.2) is 0 Å². The standard InChI is InChI=1S/C12H19NO/c1-9(2)11(13)12(14-3)10-7-5-4-6-8-10/h4-9,11-12H,13H2,1-3H3. The van der Waals surface area contributed by atoms with Gasteiger partial charge >= 0.3 is 0 Å². The molecule has 1 aromatic carbocycles. The molecule has 0 aliphatic rings. The Labute approximate surface area is 86.1 Å². The second-order valence-corrected chi connectivity index (χ2v) is 3.89. The average Bonchev–Trinajstić information content (AvgIpc) is 2.20. The highest BCUT2D eigenvalue weighted by Crippen LogP contribution is 2.23. The van der Waals surface area contributed by atoms with Gasteiger partial charge in [0, 0.05) is 13.2 Å². The molecule has 2 unspecified atom stereocenters. The van der Waals surface area contributed by atoms with E-state index in [4.69, 9.17) is 10.5 Å². The van der Waals surface area contributed by atoms with E-state index in [1.165, 1.54) is 0 Å². The van der Waals surface area contributed by atoms with Gasteiger partial charge in [-0.2, -0.15) is 0 Å². The first-order valence-electron chi connectivity index (χ1n) is 5.00. The first kappa shape index (κ1) is 11.2. The van der Waals surface area contributed by atoms with Gasteiger partial charge in [-0.05, 0) is 11.5 Å². The van der Waals surface area contributed by atoms with Crippen molar-refractivity contribution in [2.45, 2.75) is 26.0 Å². The fraction of sp³-hybridized carbons (Fsp3) is 0.500. The van der Waals surface area contributed by atoms with Gasteiger partial charge in [0.25, 0.3) is 0 Å². The van der Waals surface area contributed by atoms with Crippen molar-refractivity contribution in [3.63, 3.8) is 0 Å². The molecular formula is C12H19NO. The lowest BCUT2D eigenvalue weighted by atomic mass is 9.94. The summed E-state index contributed by atoms with van der Waals surface area (Å²) in [4.78, 5) is 0. The minimum absolute atomic E-state index is 0.00352. The molecule has 0 aromatic heterocycles. The minimum atomic E-state index is -0.00352. The Morgan fingerprint density at radius 3 is 2.14 bits per heavy atom. The lowest BCUT2D eigenvalue weighted by Gasteiger charge is -2.25. The maximum atomic E-state index is 6.08. The summed E-state index contributed by atoms with van der Waals surface area (Å²) >= 11 is 0. The predicted molar refractivity (Wildman–Crippen MR) is 59.0 cm³/mol. The molecule has 0 saturated heterocycles. The highest BCUT2D eigenvalue weighted by molar-refractivity contribution is 5.19. The highest BCUT2D eigenvalue weighted by atomic mass is 16.5. The van der Waals surface area contributed by atoms with Gasteiger partial charge in [0.1, 0.15) is 0 Å². The zero-order chi connectivity index (χ0) is 10.6. The first-order valence-corrected chi connectivity index (χ1v) is 5.00. The lowest BCUT2D eigenvalue weighted by Crippen LogP contribution is -2.34. The van der Waals surface area contributed by atoms with E-state index in [1.807, 2.05) is 18.2 Å². The minimum Gasteiger partial charge on any atom is -0.375 e. The van der Waals surface area contributed by atoms with Crippen molar-refractivity contribution >= 4 is 0 Å². The third-order valence-corrected chi connectivity index (χ3v) is 2.50. The van der Waals surface area contributed by atoms with Crippen LogP contribution in [0.4, 0.5) is 0 Å². The molecule has 0 aliphatic heterocycles. The number of rotatable bonds is 4. The fourth-order valence-corrected chi connectivity index (χ4v) is 1.51. The van der Waals surface area contributed by atoms with Crippen LogP contribution in [0.2, 0.25) is 0 Å². The monoisotopic (exact) mass is 193 g/mol. The van der Waals surface area contributed by atoms with E-state index in [2.05, 4.69) is 26.0 Å². The Morgan fingerprint density at radius 2 is 1.71 bits per heavy atom. The van der Waals surface area contributed by atoms with E-state index >= 15 is 0 Å². The second-order valence-electron chi connectivity index (χ2n) is 3.89. The summed E-state index contributed by atoms with van der Waals surface area (Å²) in [7, 11) is 1.71. The normalized spacial score (nSPS) is 15.5. The number of nitrogens with two attached hydrogens (primary N) is 1. The molecule has 0 fully saturated rings. The summed E-state index contributed by atoms with van der Waals surface area (Å²) in [5.41, 5.74) is 7.23. The van der Waals surface area contributed by atoms with Gasteiger partial charge in [0.2, 0.25) is 0 Å². The summed E-state index contributed by atoms with van der Waals surface area (Å²) in [6, 6.07) is 10.2. The van der Waals surface area contributed by atoms with E-state index in [1.54, 1.807) is 7.11 Å². The number of ether oxygens (including phenoxy) is 1. The van der Waals surface area contributed by atoms with Gasteiger partial charge in [-0.15, -0.1) is 0 Å². The van der Waals surface area contributed by atoms with E-state index in [0.717, 1.165) is 5.56 Å². The molecule has 0 amide bonds. The number of benzene rings is 1. The number of hydrogen-bond donors (Lipinski definition) is 1. The molecule has 2 nitrogen and oxygen atoms in total. The highest BCUT2D eigenvalue weighted by Gasteiger charge is 2.21. The van der Waals surface area contributed by atoms with Gasteiger partial charge in [0.05, 0.1) is 6.10 Å². The first-order chi connectivity index (χ1) is 6.66. The number of hydrogen-bond acceptors (Lipinski definition) is 2. The molecule has 2 heteroatoms. The summed E-state index contributed by atoms with van der Waals surface area (Å²) in [5.74, 6) is 0.417. The molecule has 78 valence electrons. The molecule has 1 aromatic rings. The van der Waals surface area contributed by atoms with Crippen LogP contribution >= 0.6 is 0 Å². The lowest BCUT2D eigenvalue weighted by molar-refractivity contribution is 0.0663. The molecule has 2 atom stereocenters. The Bertz CT molecular complexity index is 258. The average molecular weight is 193 g/mol.